The van der Waals surface area contributed by atoms with Gasteiger partial charge in [-0.25, -0.2) is 8.42 Å². The van der Waals surface area contributed by atoms with Gasteiger partial charge < -0.3 is 10.0 Å². The van der Waals surface area contributed by atoms with Crippen LogP contribution < -0.4 is 0 Å². The van der Waals surface area contributed by atoms with E-state index in [1.165, 1.54) is 0 Å². The molecule has 0 radical (unpaired) electrons. The van der Waals surface area contributed by atoms with Crippen LogP contribution in [0.25, 0.3) is 0 Å². The van der Waals surface area contributed by atoms with E-state index >= 15 is 0 Å². The fourth-order valence-corrected chi connectivity index (χ4v) is 3.21. The Kier molecular flexibility index (Phi) is 6.48. The van der Waals surface area contributed by atoms with E-state index in [0.29, 0.717) is 24.4 Å². The predicted molar refractivity (Wildman–Crippen MR) is 77.0 cm³/mol. The van der Waals surface area contributed by atoms with Crippen LogP contribution in [0.15, 0.2) is 29.2 Å². The Morgan fingerprint density at radius 2 is 1.79 bits per heavy atom. The number of aliphatic hydroxyl groups is 1. The quantitative estimate of drug-likeness (QED) is 0.786. The Balaban J connectivity index is 2.54. The molecule has 0 fully saturated rings. The summed E-state index contributed by atoms with van der Waals surface area (Å²) in [5.41, 5.74) is 1.05. The van der Waals surface area contributed by atoms with Crippen molar-refractivity contribution in [2.24, 2.45) is 0 Å². The van der Waals surface area contributed by atoms with E-state index in [-0.39, 0.29) is 12.4 Å². The second-order valence-corrected chi connectivity index (χ2v) is 6.75. The second kappa shape index (κ2) is 7.62. The summed E-state index contributed by atoms with van der Waals surface area (Å²) in [5.74, 6) is 0.151. The first-order valence-corrected chi connectivity index (χ1v) is 8.27. The van der Waals surface area contributed by atoms with Gasteiger partial charge in [0.1, 0.15) is 0 Å². The Morgan fingerprint density at radius 1 is 1.16 bits per heavy atom. The highest BCUT2D eigenvalue weighted by Gasteiger charge is 2.14. The Labute approximate surface area is 116 Å². The molecule has 5 heteroatoms. The summed E-state index contributed by atoms with van der Waals surface area (Å²) < 4.78 is 24.2. The molecule has 19 heavy (non-hydrogen) atoms. The fraction of sp³-hybridized carbons (Fsp3) is 0.571. The van der Waals surface area contributed by atoms with Gasteiger partial charge in [-0.3, -0.25) is 0 Å². The minimum atomic E-state index is -3.19. The van der Waals surface area contributed by atoms with E-state index in [0.717, 1.165) is 12.1 Å². The summed E-state index contributed by atoms with van der Waals surface area (Å²) >= 11 is 0. The topological polar surface area (TPSA) is 57.6 Å². The van der Waals surface area contributed by atoms with Crippen LogP contribution in [0.1, 0.15) is 18.9 Å². The van der Waals surface area contributed by atoms with Gasteiger partial charge >= 0.3 is 0 Å². The number of sulfone groups is 1. The van der Waals surface area contributed by atoms with Gasteiger partial charge in [0, 0.05) is 6.54 Å². The van der Waals surface area contributed by atoms with Gasteiger partial charge in [-0.2, -0.15) is 0 Å². The smallest absolute Gasteiger partial charge is 0.178 e. The molecule has 0 spiro atoms. The maximum absolute atomic E-state index is 12.1. The molecule has 1 rings (SSSR count). The normalized spacial score (nSPS) is 12.0. The zero-order chi connectivity index (χ0) is 14.3. The molecule has 0 bridgehead atoms. The lowest BCUT2D eigenvalue weighted by Gasteiger charge is -2.18. The van der Waals surface area contributed by atoms with Crippen LogP contribution in [-0.2, 0) is 9.84 Å². The van der Waals surface area contributed by atoms with Crippen LogP contribution in [0, 0.1) is 6.92 Å². The van der Waals surface area contributed by atoms with E-state index in [4.69, 9.17) is 5.11 Å². The van der Waals surface area contributed by atoms with E-state index in [1.54, 1.807) is 12.1 Å². The van der Waals surface area contributed by atoms with Crippen LogP contribution in [0.5, 0.6) is 0 Å². The summed E-state index contributed by atoms with van der Waals surface area (Å²) in [5, 5.41) is 8.87. The highest BCUT2D eigenvalue weighted by atomic mass is 32.2. The third kappa shape index (κ3) is 5.30. The Morgan fingerprint density at radius 3 is 2.32 bits per heavy atom. The van der Waals surface area contributed by atoms with Crippen molar-refractivity contribution in [3.05, 3.63) is 29.8 Å². The number of likely N-dealkylation sites (N-methyl/N-ethyl adjacent to an activating group) is 1. The van der Waals surface area contributed by atoms with Crippen LogP contribution >= 0.6 is 0 Å². The number of hydrogen-bond donors (Lipinski definition) is 1. The summed E-state index contributed by atoms with van der Waals surface area (Å²) in [7, 11) is -3.19. The Hall–Kier alpha value is -0.910. The van der Waals surface area contributed by atoms with Crippen molar-refractivity contribution in [3.8, 4) is 0 Å². The minimum absolute atomic E-state index is 0.110. The fourth-order valence-electron chi connectivity index (χ4n) is 1.91. The van der Waals surface area contributed by atoms with Crippen molar-refractivity contribution < 1.29 is 13.5 Å². The number of benzene rings is 1. The molecular formula is C14H23NO3S. The van der Waals surface area contributed by atoms with Crippen molar-refractivity contribution >= 4 is 9.84 Å². The van der Waals surface area contributed by atoms with E-state index < -0.39 is 9.84 Å². The lowest BCUT2D eigenvalue weighted by atomic mass is 10.2. The van der Waals surface area contributed by atoms with Crippen molar-refractivity contribution in [1.82, 2.24) is 4.90 Å². The standard InChI is InChI=1S/C14H23NO3S/c1-3-15(10-11-16)9-4-12-19(17,18)14-7-5-13(2)6-8-14/h5-8,16H,3-4,9-12H2,1-2H3. The molecule has 1 aromatic carbocycles. The molecule has 0 aliphatic rings. The van der Waals surface area contributed by atoms with Gasteiger partial charge in [-0.05, 0) is 38.6 Å². The average molecular weight is 285 g/mol. The van der Waals surface area contributed by atoms with E-state index in [2.05, 4.69) is 0 Å². The second-order valence-electron chi connectivity index (χ2n) is 4.64. The first-order valence-electron chi connectivity index (χ1n) is 6.62. The largest absolute Gasteiger partial charge is 0.395 e. The highest BCUT2D eigenvalue weighted by Crippen LogP contribution is 2.13. The third-order valence-electron chi connectivity index (χ3n) is 3.13. The molecule has 0 unspecified atom stereocenters. The maximum Gasteiger partial charge on any atom is 0.178 e. The summed E-state index contributed by atoms with van der Waals surface area (Å²) in [6, 6.07) is 6.96. The average Bonchev–Trinajstić information content (AvgIpc) is 2.38. The number of aryl methyl sites for hydroxylation is 1. The van der Waals surface area contributed by atoms with Crippen LogP contribution in [-0.4, -0.2) is 50.4 Å². The molecule has 0 amide bonds. The van der Waals surface area contributed by atoms with Gasteiger partial charge in [0.25, 0.3) is 0 Å². The molecule has 0 atom stereocenters. The molecular weight excluding hydrogens is 262 g/mol. The lowest BCUT2D eigenvalue weighted by molar-refractivity contribution is 0.202. The summed E-state index contributed by atoms with van der Waals surface area (Å²) in [6.45, 7) is 6.17. The maximum atomic E-state index is 12.1. The van der Waals surface area contributed by atoms with Crippen molar-refractivity contribution in [1.29, 1.82) is 0 Å². The van der Waals surface area contributed by atoms with E-state index in [1.807, 2.05) is 30.9 Å². The van der Waals surface area contributed by atoms with Crippen LogP contribution in [0.4, 0.5) is 0 Å². The van der Waals surface area contributed by atoms with Gasteiger partial charge in [0.15, 0.2) is 9.84 Å². The SMILES string of the molecule is CCN(CCO)CCCS(=O)(=O)c1ccc(C)cc1. The molecule has 4 nitrogen and oxygen atoms in total. The molecule has 0 aliphatic heterocycles. The minimum Gasteiger partial charge on any atom is -0.395 e. The summed E-state index contributed by atoms with van der Waals surface area (Å²) in [4.78, 5) is 2.44. The van der Waals surface area contributed by atoms with Gasteiger partial charge in [0.2, 0.25) is 0 Å². The zero-order valence-electron chi connectivity index (χ0n) is 11.7. The van der Waals surface area contributed by atoms with Gasteiger partial charge in [0.05, 0.1) is 17.3 Å². The van der Waals surface area contributed by atoms with Crippen molar-refractivity contribution in [2.75, 3.05) is 32.0 Å². The summed E-state index contributed by atoms with van der Waals surface area (Å²) in [6.07, 6.45) is 0.587. The molecule has 108 valence electrons. The number of rotatable bonds is 8. The van der Waals surface area contributed by atoms with E-state index in [9.17, 15) is 8.42 Å². The molecule has 0 saturated carbocycles. The monoisotopic (exact) mass is 285 g/mol. The molecule has 0 aliphatic carbocycles. The molecule has 0 aromatic heterocycles. The third-order valence-corrected chi connectivity index (χ3v) is 4.95. The highest BCUT2D eigenvalue weighted by molar-refractivity contribution is 7.91. The lowest BCUT2D eigenvalue weighted by Crippen LogP contribution is -2.28. The predicted octanol–water partition coefficient (Wildman–Crippen LogP) is 1.47. The van der Waals surface area contributed by atoms with Crippen molar-refractivity contribution in [2.45, 2.75) is 25.2 Å². The first-order chi connectivity index (χ1) is 8.99. The molecule has 0 heterocycles. The van der Waals surface area contributed by atoms with Gasteiger partial charge in [-0.15, -0.1) is 0 Å². The van der Waals surface area contributed by atoms with Gasteiger partial charge in [-0.1, -0.05) is 24.6 Å². The zero-order valence-corrected chi connectivity index (χ0v) is 12.5. The molecule has 0 saturated heterocycles. The number of nitrogens with zero attached hydrogens (tertiary/aromatic N) is 1. The molecule has 1 N–H and O–H groups in total. The first kappa shape index (κ1) is 16.1. The van der Waals surface area contributed by atoms with Crippen LogP contribution in [0.2, 0.25) is 0 Å². The number of hydrogen-bond acceptors (Lipinski definition) is 4. The molecule has 1 aromatic rings. The number of aliphatic hydroxyl groups excluding tert-OH is 1. The van der Waals surface area contributed by atoms with Crippen molar-refractivity contribution in [3.63, 3.8) is 0 Å². The Bertz CT molecular complexity index is 468. The van der Waals surface area contributed by atoms with Crippen LogP contribution in [0.3, 0.4) is 0 Å².